The van der Waals surface area contributed by atoms with Crippen LogP contribution in [0.5, 0.6) is 0 Å². The van der Waals surface area contributed by atoms with Gasteiger partial charge in [-0.25, -0.2) is 0 Å². The van der Waals surface area contributed by atoms with Crippen LogP contribution in [-0.2, 0) is 4.79 Å². The van der Waals surface area contributed by atoms with E-state index < -0.39 is 0 Å². The minimum absolute atomic E-state index is 0.112. The Hall–Kier alpha value is -1.75. The Morgan fingerprint density at radius 3 is 2.65 bits per heavy atom. The van der Waals surface area contributed by atoms with Gasteiger partial charge in [-0.2, -0.15) is 12.6 Å². The van der Waals surface area contributed by atoms with Gasteiger partial charge in [0, 0.05) is 6.07 Å². The lowest BCUT2D eigenvalue weighted by molar-refractivity contribution is -0.115. The van der Waals surface area contributed by atoms with E-state index in [4.69, 9.17) is 4.52 Å². The second-order valence-electron chi connectivity index (χ2n) is 3.52. The van der Waals surface area contributed by atoms with Crippen molar-refractivity contribution < 1.29 is 9.32 Å². The maximum atomic E-state index is 11.9. The molecular formula is C12H12N2O2S. The number of rotatable bonds is 3. The first-order valence-corrected chi connectivity index (χ1v) is 5.78. The second kappa shape index (κ2) is 5.05. The summed E-state index contributed by atoms with van der Waals surface area (Å²) < 4.78 is 4.99. The summed E-state index contributed by atoms with van der Waals surface area (Å²) in [4.78, 5) is 13.4. The van der Waals surface area contributed by atoms with Crippen LogP contribution in [0.1, 0.15) is 5.76 Å². The summed E-state index contributed by atoms with van der Waals surface area (Å²) in [6.07, 6.45) is 0. The molecule has 0 bridgehead atoms. The third kappa shape index (κ3) is 2.50. The van der Waals surface area contributed by atoms with Gasteiger partial charge in [-0.3, -0.25) is 9.69 Å². The summed E-state index contributed by atoms with van der Waals surface area (Å²) in [5, 5.41) is 3.86. The maximum absolute atomic E-state index is 11.9. The highest BCUT2D eigenvalue weighted by atomic mass is 32.1. The molecule has 1 heterocycles. The quantitative estimate of drug-likeness (QED) is 0.849. The van der Waals surface area contributed by atoms with E-state index in [1.54, 1.807) is 13.0 Å². The molecule has 0 unspecified atom stereocenters. The number of carbonyl (C=O) groups is 1. The largest absolute Gasteiger partial charge is 0.360 e. The summed E-state index contributed by atoms with van der Waals surface area (Å²) in [5.74, 6) is 1.11. The van der Waals surface area contributed by atoms with Crippen LogP contribution in [-0.4, -0.2) is 16.8 Å². The summed E-state index contributed by atoms with van der Waals surface area (Å²) >= 11 is 4.01. The number of anilines is 2. The van der Waals surface area contributed by atoms with Crippen LogP contribution in [0.15, 0.2) is 40.9 Å². The number of benzene rings is 1. The number of para-hydroxylation sites is 1. The van der Waals surface area contributed by atoms with Gasteiger partial charge in [0.2, 0.25) is 5.91 Å². The van der Waals surface area contributed by atoms with E-state index in [2.05, 4.69) is 17.8 Å². The molecule has 2 aromatic rings. The number of aromatic nitrogens is 1. The first-order valence-electron chi connectivity index (χ1n) is 5.14. The summed E-state index contributed by atoms with van der Waals surface area (Å²) in [5.41, 5.74) is 0.750. The van der Waals surface area contributed by atoms with Gasteiger partial charge in [0.25, 0.3) is 0 Å². The van der Waals surface area contributed by atoms with E-state index in [1.165, 1.54) is 4.90 Å². The minimum Gasteiger partial charge on any atom is -0.360 e. The third-order valence-electron chi connectivity index (χ3n) is 2.24. The zero-order chi connectivity index (χ0) is 12.3. The summed E-state index contributed by atoms with van der Waals surface area (Å²) in [7, 11) is 0. The highest BCUT2D eigenvalue weighted by Gasteiger charge is 2.19. The molecule has 4 nitrogen and oxygen atoms in total. The Labute approximate surface area is 105 Å². The molecule has 0 spiro atoms. The molecule has 0 saturated heterocycles. The van der Waals surface area contributed by atoms with Gasteiger partial charge in [0.15, 0.2) is 5.82 Å². The lowest BCUT2D eigenvalue weighted by Crippen LogP contribution is -2.27. The van der Waals surface area contributed by atoms with Gasteiger partial charge in [0.05, 0.1) is 11.4 Å². The fourth-order valence-electron chi connectivity index (χ4n) is 1.51. The van der Waals surface area contributed by atoms with Crippen molar-refractivity contribution in [3.05, 3.63) is 42.2 Å². The van der Waals surface area contributed by atoms with Crippen LogP contribution < -0.4 is 4.90 Å². The summed E-state index contributed by atoms with van der Waals surface area (Å²) in [6.45, 7) is 1.78. The van der Waals surface area contributed by atoms with Crippen LogP contribution >= 0.6 is 12.6 Å². The molecule has 0 saturated carbocycles. The number of aryl methyl sites for hydroxylation is 1. The van der Waals surface area contributed by atoms with Crippen LogP contribution in [0.2, 0.25) is 0 Å². The zero-order valence-corrected chi connectivity index (χ0v) is 10.2. The van der Waals surface area contributed by atoms with Gasteiger partial charge >= 0.3 is 0 Å². The highest BCUT2D eigenvalue weighted by molar-refractivity contribution is 7.81. The molecule has 5 heteroatoms. The number of hydrogen-bond acceptors (Lipinski definition) is 4. The van der Waals surface area contributed by atoms with Gasteiger partial charge in [0.1, 0.15) is 5.76 Å². The van der Waals surface area contributed by atoms with Gasteiger partial charge < -0.3 is 4.52 Å². The van der Waals surface area contributed by atoms with Crippen LogP contribution in [0.3, 0.4) is 0 Å². The smallest absolute Gasteiger partial charge is 0.242 e. The maximum Gasteiger partial charge on any atom is 0.242 e. The normalized spacial score (nSPS) is 10.2. The van der Waals surface area contributed by atoms with Crippen LogP contribution in [0.25, 0.3) is 0 Å². The van der Waals surface area contributed by atoms with Crippen molar-refractivity contribution in [3.63, 3.8) is 0 Å². The standard InChI is InChI=1S/C12H12N2O2S/c1-9-7-11(13-16-9)14(12(15)8-17)10-5-3-2-4-6-10/h2-7,17H,8H2,1H3. The molecule has 88 valence electrons. The molecule has 2 rings (SSSR count). The van der Waals surface area contributed by atoms with Crippen molar-refractivity contribution in [1.29, 1.82) is 0 Å². The average molecular weight is 248 g/mol. The molecule has 0 N–H and O–H groups in total. The van der Waals surface area contributed by atoms with Gasteiger partial charge in [-0.15, -0.1) is 0 Å². The molecule has 0 aliphatic carbocycles. The molecule has 1 amide bonds. The first kappa shape index (κ1) is 11.7. The van der Waals surface area contributed by atoms with E-state index in [1.807, 2.05) is 30.3 Å². The summed E-state index contributed by atoms with van der Waals surface area (Å²) in [6, 6.07) is 11.0. The number of hydrogen-bond donors (Lipinski definition) is 1. The minimum atomic E-state index is -0.146. The monoisotopic (exact) mass is 248 g/mol. The van der Waals surface area contributed by atoms with Crippen LogP contribution in [0, 0.1) is 6.92 Å². The van der Waals surface area contributed by atoms with E-state index in [-0.39, 0.29) is 11.7 Å². The van der Waals surface area contributed by atoms with Crippen molar-refractivity contribution in [1.82, 2.24) is 5.16 Å². The topological polar surface area (TPSA) is 46.3 Å². The van der Waals surface area contributed by atoms with E-state index in [9.17, 15) is 4.79 Å². The fourth-order valence-corrected chi connectivity index (χ4v) is 1.65. The van der Waals surface area contributed by atoms with Crippen molar-refractivity contribution >= 4 is 30.0 Å². The molecule has 0 radical (unpaired) electrons. The molecule has 0 aliphatic heterocycles. The Morgan fingerprint density at radius 2 is 2.12 bits per heavy atom. The molecule has 1 aromatic heterocycles. The molecule has 0 fully saturated rings. The molecule has 1 aromatic carbocycles. The Kier molecular flexibility index (Phi) is 3.49. The Morgan fingerprint density at radius 1 is 1.41 bits per heavy atom. The Bertz CT molecular complexity index is 510. The SMILES string of the molecule is Cc1cc(N(C(=O)CS)c2ccccc2)no1. The van der Waals surface area contributed by atoms with Gasteiger partial charge in [-0.05, 0) is 19.1 Å². The number of nitrogens with zero attached hydrogens (tertiary/aromatic N) is 2. The lowest BCUT2D eigenvalue weighted by Gasteiger charge is -2.18. The second-order valence-corrected chi connectivity index (χ2v) is 3.83. The van der Waals surface area contributed by atoms with Crippen molar-refractivity contribution in [3.8, 4) is 0 Å². The van der Waals surface area contributed by atoms with E-state index in [0.717, 1.165) is 5.69 Å². The van der Waals surface area contributed by atoms with Crippen molar-refractivity contribution in [2.45, 2.75) is 6.92 Å². The zero-order valence-electron chi connectivity index (χ0n) is 9.33. The van der Waals surface area contributed by atoms with Crippen molar-refractivity contribution in [2.75, 3.05) is 10.7 Å². The number of amides is 1. The highest BCUT2D eigenvalue weighted by Crippen LogP contribution is 2.24. The predicted molar refractivity (Wildman–Crippen MR) is 68.7 cm³/mol. The molecule has 0 atom stereocenters. The fraction of sp³-hybridized carbons (Fsp3) is 0.167. The van der Waals surface area contributed by atoms with E-state index >= 15 is 0 Å². The third-order valence-corrected chi connectivity index (χ3v) is 2.51. The predicted octanol–water partition coefficient (Wildman–Crippen LogP) is 2.58. The number of carbonyl (C=O) groups excluding carboxylic acids is 1. The average Bonchev–Trinajstić information content (AvgIpc) is 2.77. The lowest BCUT2D eigenvalue weighted by atomic mass is 10.3. The van der Waals surface area contributed by atoms with E-state index in [0.29, 0.717) is 11.6 Å². The molecule has 17 heavy (non-hydrogen) atoms. The Balaban J connectivity index is 2.42. The molecule has 0 aliphatic rings. The number of thiol groups is 1. The van der Waals surface area contributed by atoms with Crippen molar-refractivity contribution in [2.24, 2.45) is 0 Å². The first-order chi connectivity index (χ1) is 8.22. The molecular weight excluding hydrogens is 236 g/mol. The van der Waals surface area contributed by atoms with Gasteiger partial charge in [-0.1, -0.05) is 23.4 Å². The van der Waals surface area contributed by atoms with Crippen LogP contribution in [0.4, 0.5) is 11.5 Å².